The quantitative estimate of drug-likeness (QED) is 0.213. The molecule has 0 aliphatic carbocycles. The minimum Gasteiger partial charge on any atom is -0.490 e. The van der Waals surface area contributed by atoms with Gasteiger partial charge in [0.1, 0.15) is 6.61 Å². The number of pyridine rings is 1. The first-order valence-corrected chi connectivity index (χ1v) is 13.6. The lowest BCUT2D eigenvalue weighted by molar-refractivity contribution is 0.0525. The number of aryl methyl sites for hydroxylation is 2. The number of rotatable bonds is 10. The minimum atomic E-state index is -0.596. The molecule has 0 spiro atoms. The first kappa shape index (κ1) is 29.7. The number of nitrogens with zero attached hydrogens (tertiary/aromatic N) is 1. The van der Waals surface area contributed by atoms with Gasteiger partial charge in [-0.1, -0.05) is 29.3 Å². The van der Waals surface area contributed by atoms with E-state index in [4.69, 9.17) is 42.1 Å². The van der Waals surface area contributed by atoms with Crippen LogP contribution in [-0.4, -0.2) is 36.7 Å². The molecule has 10 heteroatoms. The lowest BCUT2D eigenvalue weighted by Crippen LogP contribution is -2.17. The second-order valence-corrected chi connectivity index (χ2v) is 9.72. The summed E-state index contributed by atoms with van der Waals surface area (Å²) in [5.74, 6) is -0.400. The Morgan fingerprint density at radius 2 is 1.42 bits per heavy atom. The Morgan fingerprint density at radius 3 is 1.92 bits per heavy atom. The zero-order valence-electron chi connectivity index (χ0n) is 21.7. The number of carbonyl (C=O) groups excluding carboxylic acids is 2. The molecule has 2 aromatic carbocycles. The van der Waals surface area contributed by atoms with Crippen LogP contribution in [0.1, 0.15) is 58.4 Å². The van der Waals surface area contributed by atoms with E-state index < -0.39 is 11.9 Å². The van der Waals surface area contributed by atoms with Crippen molar-refractivity contribution in [2.24, 2.45) is 0 Å². The van der Waals surface area contributed by atoms with Crippen molar-refractivity contribution in [2.45, 2.75) is 41.2 Å². The summed E-state index contributed by atoms with van der Waals surface area (Å²) in [5.41, 5.74) is 2.68. The van der Waals surface area contributed by atoms with Crippen molar-refractivity contribution < 1.29 is 28.5 Å². The summed E-state index contributed by atoms with van der Waals surface area (Å²) in [6, 6.07) is 8.67. The lowest BCUT2D eigenvalue weighted by atomic mass is 9.92. The zero-order valence-corrected chi connectivity index (χ0v) is 24.8. The molecule has 3 aromatic rings. The molecular weight excluding hydrogens is 597 g/mol. The molecule has 0 unspecified atom stereocenters. The fourth-order valence-electron chi connectivity index (χ4n) is 3.97. The third-order valence-corrected chi connectivity index (χ3v) is 6.84. The van der Waals surface area contributed by atoms with Gasteiger partial charge >= 0.3 is 11.9 Å². The third kappa shape index (κ3) is 6.42. The summed E-state index contributed by atoms with van der Waals surface area (Å²) < 4.78 is 23.2. The fraction of sp³-hybridized carbons (Fsp3) is 0.321. The van der Waals surface area contributed by atoms with Crippen LogP contribution in [0, 0.1) is 13.8 Å². The van der Waals surface area contributed by atoms with E-state index in [-0.39, 0.29) is 30.9 Å². The lowest BCUT2D eigenvalue weighted by Gasteiger charge is -2.20. The molecule has 0 saturated carbocycles. The number of hydrogen-bond acceptors (Lipinski definition) is 7. The first-order chi connectivity index (χ1) is 18.1. The average molecular weight is 625 g/mol. The Morgan fingerprint density at radius 1 is 0.868 bits per heavy atom. The maximum atomic E-state index is 13.1. The van der Waals surface area contributed by atoms with Crippen molar-refractivity contribution in [1.82, 2.24) is 4.98 Å². The van der Waals surface area contributed by atoms with Gasteiger partial charge in [0.15, 0.2) is 11.5 Å². The summed E-state index contributed by atoms with van der Waals surface area (Å²) >= 11 is 16.2. The number of aromatic nitrogens is 1. The van der Waals surface area contributed by atoms with Gasteiger partial charge in [-0.15, -0.1) is 0 Å². The molecule has 0 atom stereocenters. The van der Waals surface area contributed by atoms with E-state index in [1.165, 1.54) is 0 Å². The standard InChI is InChI=1S/C28H28BrCl2NO6/c1-6-35-22-13-17(12-19(29)26(22)38-14-18-20(30)10-9-11-21(18)31)25-23(27(33)36-7-2)15(4)32-16(5)24(25)28(34)37-8-3/h9-13H,6-8,14H2,1-5H3. The summed E-state index contributed by atoms with van der Waals surface area (Å²) in [6.45, 7) is 9.39. The highest BCUT2D eigenvalue weighted by atomic mass is 79.9. The van der Waals surface area contributed by atoms with Crippen LogP contribution in [0.25, 0.3) is 11.1 Å². The molecule has 3 rings (SSSR count). The van der Waals surface area contributed by atoms with Gasteiger partial charge in [-0.2, -0.15) is 0 Å². The largest absolute Gasteiger partial charge is 0.490 e. The SMILES string of the molecule is CCOC(=O)c1c(C)nc(C)c(C(=O)OCC)c1-c1cc(Br)c(OCc2c(Cl)cccc2Cl)c(OCC)c1. The fourth-order valence-corrected chi connectivity index (χ4v) is 5.04. The predicted octanol–water partition coefficient (Wildman–Crippen LogP) is 7.77. The monoisotopic (exact) mass is 623 g/mol. The highest BCUT2D eigenvalue weighted by Crippen LogP contribution is 2.43. The smallest absolute Gasteiger partial charge is 0.340 e. The average Bonchev–Trinajstić information content (AvgIpc) is 2.84. The normalized spacial score (nSPS) is 10.7. The van der Waals surface area contributed by atoms with Crippen LogP contribution in [0.2, 0.25) is 10.0 Å². The summed E-state index contributed by atoms with van der Waals surface area (Å²) in [7, 11) is 0. The van der Waals surface area contributed by atoms with E-state index in [1.54, 1.807) is 58.0 Å². The Kier molecular flexibility index (Phi) is 10.4. The Balaban J connectivity index is 2.23. The second-order valence-electron chi connectivity index (χ2n) is 8.06. The maximum absolute atomic E-state index is 13.1. The Bertz CT molecular complexity index is 1300. The van der Waals surface area contributed by atoms with E-state index in [0.717, 1.165) is 0 Å². The van der Waals surface area contributed by atoms with E-state index >= 15 is 0 Å². The first-order valence-electron chi connectivity index (χ1n) is 12.0. The summed E-state index contributed by atoms with van der Waals surface area (Å²) in [6.07, 6.45) is 0. The molecule has 0 fully saturated rings. The minimum absolute atomic E-state index is 0.0894. The molecule has 0 N–H and O–H groups in total. The van der Waals surface area contributed by atoms with Crippen LogP contribution in [0.3, 0.4) is 0 Å². The predicted molar refractivity (Wildman–Crippen MR) is 151 cm³/mol. The van der Waals surface area contributed by atoms with Crippen molar-refractivity contribution in [3.05, 3.63) is 72.9 Å². The second kappa shape index (κ2) is 13.3. The van der Waals surface area contributed by atoms with Gasteiger partial charge in [-0.05, 0) is 80.4 Å². The Hall–Kier alpha value is -2.81. The molecule has 1 aromatic heterocycles. The van der Waals surface area contributed by atoms with Crippen LogP contribution >= 0.6 is 39.1 Å². The summed E-state index contributed by atoms with van der Waals surface area (Å²) in [4.78, 5) is 30.6. The van der Waals surface area contributed by atoms with Crippen LogP contribution < -0.4 is 9.47 Å². The molecule has 0 bridgehead atoms. The number of esters is 2. The Labute approximate surface area is 240 Å². The number of ether oxygens (including phenoxy) is 4. The molecule has 0 aliphatic rings. The van der Waals surface area contributed by atoms with Gasteiger partial charge in [-0.25, -0.2) is 9.59 Å². The van der Waals surface area contributed by atoms with Crippen molar-refractivity contribution in [3.63, 3.8) is 0 Å². The van der Waals surface area contributed by atoms with Crippen LogP contribution in [0.4, 0.5) is 0 Å². The molecule has 0 aliphatic heterocycles. The van der Waals surface area contributed by atoms with Gasteiger partial charge in [-0.3, -0.25) is 4.98 Å². The molecule has 0 radical (unpaired) electrons. The van der Waals surface area contributed by atoms with Gasteiger partial charge in [0, 0.05) is 21.2 Å². The van der Waals surface area contributed by atoms with Crippen molar-refractivity contribution in [3.8, 4) is 22.6 Å². The van der Waals surface area contributed by atoms with Gasteiger partial charge in [0.2, 0.25) is 0 Å². The summed E-state index contributed by atoms with van der Waals surface area (Å²) in [5, 5.41) is 0.952. The van der Waals surface area contributed by atoms with Crippen molar-refractivity contribution >= 4 is 51.1 Å². The number of hydrogen-bond donors (Lipinski definition) is 0. The molecule has 0 saturated heterocycles. The number of benzene rings is 2. The van der Waals surface area contributed by atoms with Crippen LogP contribution in [-0.2, 0) is 16.1 Å². The topological polar surface area (TPSA) is 84.0 Å². The van der Waals surface area contributed by atoms with E-state index in [9.17, 15) is 9.59 Å². The number of halogens is 3. The van der Waals surface area contributed by atoms with Gasteiger partial charge in [0.05, 0.1) is 46.8 Å². The molecule has 1 heterocycles. The van der Waals surface area contributed by atoms with E-state index in [0.29, 0.717) is 60.7 Å². The molecule has 202 valence electrons. The van der Waals surface area contributed by atoms with E-state index in [2.05, 4.69) is 20.9 Å². The van der Waals surface area contributed by atoms with E-state index in [1.807, 2.05) is 6.92 Å². The van der Waals surface area contributed by atoms with Crippen molar-refractivity contribution in [1.29, 1.82) is 0 Å². The molecule has 7 nitrogen and oxygen atoms in total. The van der Waals surface area contributed by atoms with Crippen LogP contribution in [0.15, 0.2) is 34.8 Å². The highest BCUT2D eigenvalue weighted by Gasteiger charge is 2.29. The van der Waals surface area contributed by atoms with Gasteiger partial charge in [0.25, 0.3) is 0 Å². The number of carbonyl (C=O) groups is 2. The van der Waals surface area contributed by atoms with Crippen molar-refractivity contribution in [2.75, 3.05) is 19.8 Å². The third-order valence-electron chi connectivity index (χ3n) is 5.54. The highest BCUT2D eigenvalue weighted by molar-refractivity contribution is 9.10. The zero-order chi connectivity index (χ0) is 28.0. The molecular formula is C28H28BrCl2NO6. The van der Waals surface area contributed by atoms with Crippen LogP contribution in [0.5, 0.6) is 11.5 Å². The molecule has 0 amide bonds. The molecule has 38 heavy (non-hydrogen) atoms. The maximum Gasteiger partial charge on any atom is 0.340 e. The van der Waals surface area contributed by atoms with Gasteiger partial charge < -0.3 is 18.9 Å².